The van der Waals surface area contributed by atoms with Crippen LogP contribution in [0.25, 0.3) is 0 Å². The van der Waals surface area contributed by atoms with E-state index in [2.05, 4.69) is 15.7 Å². The third kappa shape index (κ3) is 4.67. The molecule has 0 aliphatic heterocycles. The quantitative estimate of drug-likeness (QED) is 0.888. The maximum absolute atomic E-state index is 12.3. The minimum Gasteiger partial charge on any atom is -0.349 e. The third-order valence-electron chi connectivity index (χ3n) is 3.52. The first-order chi connectivity index (χ1) is 10.8. The molecule has 0 aliphatic rings. The van der Waals surface area contributed by atoms with Crippen molar-refractivity contribution in [2.45, 2.75) is 33.2 Å². The van der Waals surface area contributed by atoms with Crippen LogP contribution in [0.2, 0.25) is 0 Å². The van der Waals surface area contributed by atoms with Crippen molar-refractivity contribution in [2.75, 3.05) is 5.32 Å². The Morgan fingerprint density at radius 3 is 2.39 bits per heavy atom. The number of carbonyl (C=O) groups is 2. The summed E-state index contributed by atoms with van der Waals surface area (Å²) in [5.74, 6) is 0.296. The molecule has 2 amide bonds. The average molecular weight is 314 g/mol. The molecule has 6 nitrogen and oxygen atoms in total. The zero-order chi connectivity index (χ0) is 17.0. The normalized spacial score (nSPS) is 11.8. The highest BCUT2D eigenvalue weighted by Gasteiger charge is 2.18. The summed E-state index contributed by atoms with van der Waals surface area (Å²) >= 11 is 0. The maximum Gasteiger partial charge on any atom is 0.227 e. The van der Waals surface area contributed by atoms with Gasteiger partial charge in [-0.2, -0.15) is 5.10 Å². The average Bonchev–Trinajstić information content (AvgIpc) is 2.76. The van der Waals surface area contributed by atoms with Gasteiger partial charge in [0.25, 0.3) is 0 Å². The number of carbonyl (C=O) groups excluding carboxylic acids is 2. The van der Waals surface area contributed by atoms with Gasteiger partial charge in [-0.1, -0.05) is 29.8 Å². The molecule has 6 heteroatoms. The Labute approximate surface area is 135 Å². The van der Waals surface area contributed by atoms with Crippen LogP contribution in [0.4, 0.5) is 5.82 Å². The molecule has 23 heavy (non-hydrogen) atoms. The van der Waals surface area contributed by atoms with Gasteiger partial charge in [0, 0.05) is 20.0 Å². The second-order valence-corrected chi connectivity index (χ2v) is 5.71. The maximum atomic E-state index is 12.3. The first-order valence-electron chi connectivity index (χ1n) is 7.49. The van der Waals surface area contributed by atoms with E-state index in [9.17, 15) is 9.59 Å². The topological polar surface area (TPSA) is 76.0 Å². The summed E-state index contributed by atoms with van der Waals surface area (Å²) in [7, 11) is 1.77. The SMILES string of the molecule is CC(=O)NC(CC(=O)Nc1cc(C)nn1C)c1ccc(C)cc1. The summed E-state index contributed by atoms with van der Waals surface area (Å²) in [6, 6.07) is 9.23. The lowest BCUT2D eigenvalue weighted by Crippen LogP contribution is -2.30. The lowest BCUT2D eigenvalue weighted by Gasteiger charge is -2.18. The smallest absolute Gasteiger partial charge is 0.227 e. The molecule has 0 radical (unpaired) electrons. The number of aryl methyl sites for hydroxylation is 3. The number of nitrogens with zero attached hydrogens (tertiary/aromatic N) is 2. The molecule has 0 saturated heterocycles. The number of hydrogen-bond donors (Lipinski definition) is 2. The molecule has 1 heterocycles. The Balaban J connectivity index is 2.10. The third-order valence-corrected chi connectivity index (χ3v) is 3.52. The number of hydrogen-bond acceptors (Lipinski definition) is 3. The van der Waals surface area contributed by atoms with Crippen molar-refractivity contribution in [1.82, 2.24) is 15.1 Å². The second kappa shape index (κ2) is 7.09. The van der Waals surface area contributed by atoms with Crippen LogP contribution < -0.4 is 10.6 Å². The number of anilines is 1. The minimum absolute atomic E-state index is 0.160. The monoisotopic (exact) mass is 314 g/mol. The fraction of sp³-hybridized carbons (Fsp3) is 0.353. The van der Waals surface area contributed by atoms with Crippen LogP contribution in [0.1, 0.15) is 36.2 Å². The van der Waals surface area contributed by atoms with Crippen molar-refractivity contribution in [3.63, 3.8) is 0 Å². The predicted octanol–water partition coefficient (Wildman–Crippen LogP) is 2.24. The van der Waals surface area contributed by atoms with Gasteiger partial charge in [0.15, 0.2) is 0 Å². The molecule has 122 valence electrons. The molecule has 1 aromatic carbocycles. The predicted molar refractivity (Wildman–Crippen MR) is 88.9 cm³/mol. The molecule has 0 aliphatic carbocycles. The van der Waals surface area contributed by atoms with Crippen molar-refractivity contribution in [3.8, 4) is 0 Å². The number of nitrogens with one attached hydrogen (secondary N) is 2. The highest BCUT2D eigenvalue weighted by atomic mass is 16.2. The van der Waals surface area contributed by atoms with Crippen molar-refractivity contribution in [1.29, 1.82) is 0 Å². The van der Waals surface area contributed by atoms with Gasteiger partial charge in [0.2, 0.25) is 11.8 Å². The van der Waals surface area contributed by atoms with Crippen LogP contribution in [0.3, 0.4) is 0 Å². The van der Waals surface area contributed by atoms with Gasteiger partial charge in [-0.05, 0) is 19.4 Å². The van der Waals surface area contributed by atoms with E-state index in [1.807, 2.05) is 38.1 Å². The summed E-state index contributed by atoms with van der Waals surface area (Å²) in [4.78, 5) is 23.7. The first-order valence-corrected chi connectivity index (χ1v) is 7.49. The zero-order valence-electron chi connectivity index (χ0n) is 13.9. The van der Waals surface area contributed by atoms with Gasteiger partial charge in [0.1, 0.15) is 5.82 Å². The van der Waals surface area contributed by atoms with Crippen molar-refractivity contribution in [2.24, 2.45) is 7.05 Å². The van der Waals surface area contributed by atoms with Gasteiger partial charge < -0.3 is 10.6 Å². The molecule has 2 aromatic rings. The van der Waals surface area contributed by atoms with Crippen LogP contribution >= 0.6 is 0 Å². The lowest BCUT2D eigenvalue weighted by molar-refractivity contribution is -0.120. The van der Waals surface area contributed by atoms with Gasteiger partial charge in [-0.3, -0.25) is 14.3 Å². The number of aromatic nitrogens is 2. The summed E-state index contributed by atoms with van der Waals surface area (Å²) in [6.45, 7) is 5.31. The molecule has 0 spiro atoms. The second-order valence-electron chi connectivity index (χ2n) is 5.71. The standard InChI is InChI=1S/C17H22N4O2/c1-11-5-7-14(8-6-11)15(18-13(3)22)10-17(23)19-16-9-12(2)20-21(16)4/h5-9,15H,10H2,1-4H3,(H,18,22)(H,19,23). The van der Waals surface area contributed by atoms with E-state index in [4.69, 9.17) is 0 Å². The van der Waals surface area contributed by atoms with Crippen LogP contribution in [-0.4, -0.2) is 21.6 Å². The Morgan fingerprint density at radius 1 is 1.22 bits per heavy atom. The molecule has 2 N–H and O–H groups in total. The number of rotatable bonds is 5. The van der Waals surface area contributed by atoms with Crippen molar-refractivity contribution < 1.29 is 9.59 Å². The summed E-state index contributed by atoms with van der Waals surface area (Å²) in [6.07, 6.45) is 0.160. The molecule has 1 aromatic heterocycles. The van der Waals surface area contributed by atoms with Crippen molar-refractivity contribution >= 4 is 17.6 Å². The van der Waals surface area contributed by atoms with E-state index in [0.717, 1.165) is 16.8 Å². The zero-order valence-corrected chi connectivity index (χ0v) is 13.9. The Hall–Kier alpha value is -2.63. The Kier molecular flexibility index (Phi) is 5.16. The highest BCUT2D eigenvalue weighted by Crippen LogP contribution is 2.19. The summed E-state index contributed by atoms with van der Waals surface area (Å²) in [5, 5.41) is 9.85. The van der Waals surface area contributed by atoms with Gasteiger partial charge >= 0.3 is 0 Å². The Bertz CT molecular complexity index is 704. The van der Waals surface area contributed by atoms with E-state index in [0.29, 0.717) is 5.82 Å². The Morgan fingerprint density at radius 2 is 1.87 bits per heavy atom. The molecule has 1 unspecified atom stereocenters. The largest absolute Gasteiger partial charge is 0.349 e. The molecule has 0 fully saturated rings. The fourth-order valence-corrected chi connectivity index (χ4v) is 2.40. The summed E-state index contributed by atoms with van der Waals surface area (Å²) in [5.41, 5.74) is 2.87. The molecule has 2 rings (SSSR count). The van der Waals surface area contributed by atoms with Crippen LogP contribution in [0.15, 0.2) is 30.3 Å². The number of benzene rings is 1. The fourth-order valence-electron chi connectivity index (χ4n) is 2.40. The van der Waals surface area contributed by atoms with Gasteiger partial charge in [-0.15, -0.1) is 0 Å². The van der Waals surface area contributed by atoms with Crippen LogP contribution in [0, 0.1) is 13.8 Å². The molecule has 1 atom stereocenters. The van der Waals surface area contributed by atoms with Crippen LogP contribution in [-0.2, 0) is 16.6 Å². The van der Waals surface area contributed by atoms with E-state index in [1.54, 1.807) is 17.8 Å². The van der Waals surface area contributed by atoms with E-state index < -0.39 is 0 Å². The highest BCUT2D eigenvalue weighted by molar-refractivity contribution is 5.90. The molecule has 0 saturated carbocycles. The van der Waals surface area contributed by atoms with Crippen molar-refractivity contribution in [3.05, 3.63) is 47.2 Å². The molecular weight excluding hydrogens is 292 g/mol. The molecular formula is C17H22N4O2. The molecule has 0 bridgehead atoms. The number of amides is 2. The van der Waals surface area contributed by atoms with Gasteiger partial charge in [0.05, 0.1) is 18.2 Å². The minimum atomic E-state index is -0.359. The van der Waals surface area contributed by atoms with Crippen LogP contribution in [0.5, 0.6) is 0 Å². The van der Waals surface area contributed by atoms with Gasteiger partial charge in [-0.25, -0.2) is 0 Å². The van der Waals surface area contributed by atoms with E-state index >= 15 is 0 Å². The summed E-state index contributed by atoms with van der Waals surface area (Å²) < 4.78 is 1.62. The van der Waals surface area contributed by atoms with E-state index in [-0.39, 0.29) is 24.3 Å². The lowest BCUT2D eigenvalue weighted by atomic mass is 10.0. The first kappa shape index (κ1) is 16.7. The van der Waals surface area contributed by atoms with E-state index in [1.165, 1.54) is 6.92 Å².